The van der Waals surface area contributed by atoms with E-state index in [4.69, 9.17) is 11.6 Å². The minimum absolute atomic E-state index is 0.00338. The normalized spacial score (nSPS) is 10.4. The van der Waals surface area contributed by atoms with Crippen molar-refractivity contribution in [2.45, 2.75) is 0 Å². The van der Waals surface area contributed by atoms with Crippen LogP contribution >= 0.6 is 11.6 Å². The highest BCUT2D eigenvalue weighted by Gasteiger charge is 2.16. The van der Waals surface area contributed by atoms with Gasteiger partial charge in [0.05, 0.1) is 23.1 Å². The van der Waals surface area contributed by atoms with E-state index in [1.165, 1.54) is 12.3 Å². The number of carbonyl (C=O) groups excluding carboxylic acids is 1. The predicted octanol–water partition coefficient (Wildman–Crippen LogP) is 3.69. The third-order valence-corrected chi connectivity index (χ3v) is 3.38. The number of aromatic nitrogens is 2. The van der Waals surface area contributed by atoms with Crippen LogP contribution in [0.5, 0.6) is 5.75 Å². The molecular formula is C16H12ClN3O2. The number of phenolic OH excluding ortho intramolecular Hbond substituents is 1. The average Bonchev–Trinajstić information content (AvgIpc) is 2.99. The molecule has 6 heteroatoms. The summed E-state index contributed by atoms with van der Waals surface area (Å²) in [6.07, 6.45) is 1.44. The zero-order valence-corrected chi connectivity index (χ0v) is 12.1. The quantitative estimate of drug-likeness (QED) is 0.645. The number of hydrogen-bond acceptors (Lipinski definition) is 3. The molecule has 110 valence electrons. The van der Waals surface area contributed by atoms with Gasteiger partial charge < -0.3 is 10.4 Å². The number of para-hydroxylation sites is 2. The molecule has 0 bridgehead atoms. The molecule has 0 atom stereocenters. The van der Waals surface area contributed by atoms with Crippen LogP contribution in [0.25, 0.3) is 11.3 Å². The lowest BCUT2D eigenvalue weighted by atomic mass is 10.1. The second-order valence-corrected chi connectivity index (χ2v) is 5.08. The fourth-order valence-electron chi connectivity index (χ4n) is 2.09. The van der Waals surface area contributed by atoms with Gasteiger partial charge in [0, 0.05) is 10.6 Å². The molecule has 5 nitrogen and oxygen atoms in total. The van der Waals surface area contributed by atoms with E-state index in [0.717, 1.165) is 5.56 Å². The number of aromatic amines is 1. The van der Waals surface area contributed by atoms with Crippen molar-refractivity contribution in [1.29, 1.82) is 0 Å². The number of halogens is 1. The predicted molar refractivity (Wildman–Crippen MR) is 85.1 cm³/mol. The molecule has 3 aromatic rings. The summed E-state index contributed by atoms with van der Waals surface area (Å²) in [5.41, 5.74) is 2.03. The highest BCUT2D eigenvalue weighted by Crippen LogP contribution is 2.26. The Kier molecular flexibility index (Phi) is 3.80. The fraction of sp³-hybridized carbons (Fsp3) is 0. The SMILES string of the molecule is O=C(Nc1ccccc1O)c1cn[nH]c1-c1cccc(Cl)c1. The Hall–Kier alpha value is -2.79. The molecule has 1 amide bonds. The van der Waals surface area contributed by atoms with Crippen molar-refractivity contribution in [2.24, 2.45) is 0 Å². The smallest absolute Gasteiger partial charge is 0.259 e. The van der Waals surface area contributed by atoms with Gasteiger partial charge in [-0.3, -0.25) is 9.89 Å². The summed E-state index contributed by atoms with van der Waals surface area (Å²) in [6.45, 7) is 0. The molecule has 22 heavy (non-hydrogen) atoms. The average molecular weight is 314 g/mol. The van der Waals surface area contributed by atoms with E-state index in [0.29, 0.717) is 22.0 Å². The molecule has 3 rings (SSSR count). The maximum absolute atomic E-state index is 12.4. The van der Waals surface area contributed by atoms with Crippen molar-refractivity contribution >= 4 is 23.2 Å². The van der Waals surface area contributed by atoms with E-state index in [1.807, 2.05) is 6.07 Å². The number of aromatic hydroxyl groups is 1. The second kappa shape index (κ2) is 5.91. The van der Waals surface area contributed by atoms with Crippen molar-refractivity contribution in [3.05, 3.63) is 65.3 Å². The van der Waals surface area contributed by atoms with E-state index < -0.39 is 0 Å². The zero-order chi connectivity index (χ0) is 15.5. The van der Waals surface area contributed by atoms with Gasteiger partial charge in [0.1, 0.15) is 5.75 Å². The topological polar surface area (TPSA) is 78.0 Å². The molecule has 0 spiro atoms. The molecule has 0 saturated carbocycles. The largest absolute Gasteiger partial charge is 0.506 e. The molecule has 2 aromatic carbocycles. The van der Waals surface area contributed by atoms with Crippen LogP contribution in [-0.4, -0.2) is 21.2 Å². The van der Waals surface area contributed by atoms with Crippen molar-refractivity contribution in [2.75, 3.05) is 5.32 Å². The summed E-state index contributed by atoms with van der Waals surface area (Å²) in [7, 11) is 0. The Morgan fingerprint density at radius 3 is 2.77 bits per heavy atom. The molecule has 0 aliphatic heterocycles. The van der Waals surface area contributed by atoms with Gasteiger partial charge in [-0.05, 0) is 24.3 Å². The first-order chi connectivity index (χ1) is 10.6. The number of nitrogens with zero attached hydrogens (tertiary/aromatic N) is 1. The number of phenols is 1. The zero-order valence-electron chi connectivity index (χ0n) is 11.4. The molecule has 0 unspecified atom stereocenters. The van der Waals surface area contributed by atoms with Crippen LogP contribution in [-0.2, 0) is 0 Å². The van der Waals surface area contributed by atoms with Gasteiger partial charge in [-0.2, -0.15) is 5.10 Å². The van der Waals surface area contributed by atoms with Gasteiger partial charge in [-0.1, -0.05) is 35.9 Å². The van der Waals surface area contributed by atoms with Crippen LogP contribution in [0.15, 0.2) is 54.7 Å². The minimum Gasteiger partial charge on any atom is -0.506 e. The second-order valence-electron chi connectivity index (χ2n) is 4.64. The van der Waals surface area contributed by atoms with Gasteiger partial charge in [0.15, 0.2) is 0 Å². The number of anilines is 1. The Balaban J connectivity index is 1.92. The molecule has 0 radical (unpaired) electrons. The Labute approximate surface area is 131 Å². The highest BCUT2D eigenvalue weighted by atomic mass is 35.5. The molecule has 0 aliphatic rings. The summed E-state index contributed by atoms with van der Waals surface area (Å²) in [5.74, 6) is -0.367. The van der Waals surface area contributed by atoms with Gasteiger partial charge in [0.2, 0.25) is 0 Å². The first-order valence-corrected chi connectivity index (χ1v) is 6.91. The van der Waals surface area contributed by atoms with Crippen molar-refractivity contribution in [1.82, 2.24) is 10.2 Å². The third-order valence-electron chi connectivity index (χ3n) is 3.15. The summed E-state index contributed by atoms with van der Waals surface area (Å²) < 4.78 is 0. The molecular weight excluding hydrogens is 302 g/mol. The van der Waals surface area contributed by atoms with Gasteiger partial charge >= 0.3 is 0 Å². The monoisotopic (exact) mass is 313 g/mol. The van der Waals surface area contributed by atoms with Gasteiger partial charge in [-0.25, -0.2) is 0 Å². The maximum atomic E-state index is 12.4. The summed E-state index contributed by atoms with van der Waals surface area (Å²) >= 11 is 5.98. The Morgan fingerprint density at radius 2 is 2.00 bits per heavy atom. The van der Waals surface area contributed by atoms with Crippen LogP contribution in [0.4, 0.5) is 5.69 Å². The Morgan fingerprint density at radius 1 is 1.18 bits per heavy atom. The molecule has 3 N–H and O–H groups in total. The van der Waals surface area contributed by atoms with Crippen molar-refractivity contribution in [3.63, 3.8) is 0 Å². The van der Waals surface area contributed by atoms with Gasteiger partial charge in [-0.15, -0.1) is 0 Å². The molecule has 0 aliphatic carbocycles. The van der Waals surface area contributed by atoms with Crippen LogP contribution in [0, 0.1) is 0 Å². The lowest BCUT2D eigenvalue weighted by molar-refractivity contribution is 0.102. The Bertz CT molecular complexity index is 830. The molecule has 0 saturated heterocycles. The first-order valence-electron chi connectivity index (χ1n) is 6.54. The summed E-state index contributed by atoms with van der Waals surface area (Å²) in [4.78, 5) is 12.4. The molecule has 1 heterocycles. The number of nitrogens with one attached hydrogen (secondary N) is 2. The van der Waals surface area contributed by atoms with Crippen LogP contribution < -0.4 is 5.32 Å². The number of carbonyl (C=O) groups is 1. The van der Waals surface area contributed by atoms with Crippen LogP contribution in [0.2, 0.25) is 5.02 Å². The van der Waals surface area contributed by atoms with Crippen molar-refractivity contribution < 1.29 is 9.90 Å². The standard InChI is InChI=1S/C16H12ClN3O2/c17-11-5-3-4-10(8-11)15-12(9-18-20-15)16(22)19-13-6-1-2-7-14(13)21/h1-9,21H,(H,18,20)(H,19,22). The maximum Gasteiger partial charge on any atom is 0.259 e. The van der Waals surface area contributed by atoms with E-state index in [2.05, 4.69) is 15.5 Å². The number of hydrogen-bond donors (Lipinski definition) is 3. The number of rotatable bonds is 3. The summed E-state index contributed by atoms with van der Waals surface area (Å²) in [6, 6.07) is 13.6. The van der Waals surface area contributed by atoms with E-state index in [1.54, 1.807) is 36.4 Å². The van der Waals surface area contributed by atoms with E-state index in [9.17, 15) is 9.90 Å². The lowest BCUT2D eigenvalue weighted by Crippen LogP contribution is -2.12. The summed E-state index contributed by atoms with van der Waals surface area (Å²) in [5, 5.41) is 19.7. The van der Waals surface area contributed by atoms with Crippen LogP contribution in [0.3, 0.4) is 0 Å². The highest BCUT2D eigenvalue weighted by molar-refractivity contribution is 6.30. The van der Waals surface area contributed by atoms with Crippen LogP contribution in [0.1, 0.15) is 10.4 Å². The number of H-pyrrole nitrogens is 1. The minimum atomic E-state index is -0.370. The molecule has 1 aromatic heterocycles. The van der Waals surface area contributed by atoms with E-state index >= 15 is 0 Å². The van der Waals surface area contributed by atoms with Gasteiger partial charge in [0.25, 0.3) is 5.91 Å². The molecule has 0 fully saturated rings. The first kappa shape index (κ1) is 14.2. The van der Waals surface area contributed by atoms with E-state index in [-0.39, 0.29) is 11.7 Å². The number of amides is 1. The number of benzene rings is 2. The third kappa shape index (κ3) is 2.80. The lowest BCUT2D eigenvalue weighted by Gasteiger charge is -2.07. The fourth-order valence-corrected chi connectivity index (χ4v) is 2.28. The van der Waals surface area contributed by atoms with Crippen molar-refractivity contribution in [3.8, 4) is 17.0 Å².